The highest BCUT2D eigenvalue weighted by Crippen LogP contribution is 2.41. The molecule has 162 valence electrons. The highest BCUT2D eigenvalue weighted by molar-refractivity contribution is 6.67. The number of hydrogen-bond acceptors (Lipinski definition) is 3. The summed E-state index contributed by atoms with van der Waals surface area (Å²) in [4.78, 5) is 12.7. The number of rotatable bonds is 2. The topological polar surface area (TPSA) is 38.7 Å². The number of nitrogens with zero attached hydrogens (tertiary/aromatic N) is 3. The molecule has 0 saturated carbocycles. The average Bonchev–Trinajstić information content (AvgIpc) is 2.76. The van der Waals surface area contributed by atoms with Crippen molar-refractivity contribution in [3.05, 3.63) is 101 Å². The first kappa shape index (κ1) is 23.6. The summed E-state index contributed by atoms with van der Waals surface area (Å²) in [6, 6.07) is 14.2. The summed E-state index contributed by atoms with van der Waals surface area (Å²) >= 11 is 36.1. The van der Waals surface area contributed by atoms with Crippen LogP contribution in [0.15, 0.2) is 78.1 Å². The van der Waals surface area contributed by atoms with Gasteiger partial charge in [0.15, 0.2) is 11.6 Å². The van der Waals surface area contributed by atoms with Crippen molar-refractivity contribution in [1.82, 2.24) is 15.0 Å². The number of allylic oxidation sites excluding steroid dienone is 5. The van der Waals surface area contributed by atoms with Crippen LogP contribution in [0, 0.1) is 0 Å². The van der Waals surface area contributed by atoms with Crippen LogP contribution in [0.25, 0.3) is 16.8 Å². The highest BCUT2D eigenvalue weighted by Gasteiger charge is 2.35. The standard InChI is InChI=1S/C23H13Cl6N3/c24-22(25,26)20-30-19(31-21(32-20)23(27,28)29)18-11-4-2-7-16(18)13-12-15-9-5-8-14-6-1-3-10-17(14)15/h1-12,18H. The molecule has 32 heavy (non-hydrogen) atoms. The molecule has 1 heterocycles. The Morgan fingerprint density at radius 3 is 2.12 bits per heavy atom. The minimum absolute atomic E-state index is 0.130. The van der Waals surface area contributed by atoms with E-state index in [1.165, 1.54) is 0 Å². The molecule has 0 spiro atoms. The van der Waals surface area contributed by atoms with E-state index in [1.807, 2.05) is 54.6 Å². The molecule has 0 bridgehead atoms. The first-order valence-electron chi connectivity index (χ1n) is 9.32. The van der Waals surface area contributed by atoms with Gasteiger partial charge in [-0.1, -0.05) is 136 Å². The molecule has 1 aromatic heterocycles. The van der Waals surface area contributed by atoms with E-state index in [4.69, 9.17) is 69.6 Å². The molecule has 2 aromatic carbocycles. The fourth-order valence-electron chi connectivity index (χ4n) is 3.23. The monoisotopic (exact) mass is 541 g/mol. The van der Waals surface area contributed by atoms with Crippen LogP contribution in [-0.4, -0.2) is 15.0 Å². The van der Waals surface area contributed by atoms with Gasteiger partial charge in [-0.05, 0) is 22.4 Å². The zero-order chi connectivity index (χ0) is 22.9. The Kier molecular flexibility index (Phi) is 6.91. The molecule has 9 heteroatoms. The lowest BCUT2D eigenvalue weighted by Crippen LogP contribution is -2.20. The van der Waals surface area contributed by atoms with E-state index in [1.54, 1.807) is 0 Å². The van der Waals surface area contributed by atoms with Gasteiger partial charge in [-0.2, -0.15) is 0 Å². The van der Waals surface area contributed by atoms with Gasteiger partial charge >= 0.3 is 0 Å². The molecule has 0 saturated heterocycles. The summed E-state index contributed by atoms with van der Waals surface area (Å²) in [5.74, 6) is -0.396. The number of halogens is 6. The number of fused-ring (bicyclic) bond motifs is 1. The van der Waals surface area contributed by atoms with Crippen LogP contribution in [0.2, 0.25) is 0 Å². The van der Waals surface area contributed by atoms with E-state index < -0.39 is 13.5 Å². The highest BCUT2D eigenvalue weighted by atomic mass is 35.6. The summed E-state index contributed by atoms with van der Waals surface area (Å²) in [7, 11) is 0. The third-order valence-corrected chi connectivity index (χ3v) is 5.70. The van der Waals surface area contributed by atoms with Gasteiger partial charge < -0.3 is 0 Å². The second kappa shape index (κ2) is 9.37. The molecule has 0 radical (unpaired) electrons. The van der Waals surface area contributed by atoms with Crippen molar-refractivity contribution in [3.63, 3.8) is 0 Å². The van der Waals surface area contributed by atoms with Gasteiger partial charge in [0.2, 0.25) is 7.59 Å². The van der Waals surface area contributed by atoms with Gasteiger partial charge in [0.05, 0.1) is 5.92 Å². The van der Waals surface area contributed by atoms with Gasteiger partial charge in [-0.3, -0.25) is 0 Å². The average molecular weight is 544 g/mol. The van der Waals surface area contributed by atoms with Crippen molar-refractivity contribution in [1.29, 1.82) is 0 Å². The molecular weight excluding hydrogens is 531 g/mol. The Labute approximate surface area is 215 Å². The fourth-order valence-corrected chi connectivity index (χ4v) is 3.73. The predicted octanol–water partition coefficient (Wildman–Crippen LogP) is 8.13. The number of aromatic nitrogens is 3. The molecule has 1 aliphatic rings. The zero-order valence-electron chi connectivity index (χ0n) is 16.1. The SMILES string of the molecule is ClC(Cl)(Cl)c1nc(C2C=CC=CC2=C=Cc2cccc3ccccc23)nc(C(Cl)(Cl)Cl)n1. The molecule has 0 fully saturated rings. The third-order valence-electron chi connectivity index (χ3n) is 4.68. The molecule has 3 aromatic rings. The Balaban J connectivity index is 1.83. The van der Waals surface area contributed by atoms with Gasteiger partial charge in [-0.15, -0.1) is 5.73 Å². The maximum atomic E-state index is 6.01. The molecule has 1 unspecified atom stereocenters. The molecule has 4 rings (SSSR count). The van der Waals surface area contributed by atoms with Gasteiger partial charge in [0.1, 0.15) is 5.82 Å². The van der Waals surface area contributed by atoms with E-state index in [2.05, 4.69) is 38.9 Å². The lowest BCUT2D eigenvalue weighted by Gasteiger charge is -2.19. The van der Waals surface area contributed by atoms with Crippen LogP contribution in [0.3, 0.4) is 0 Å². The number of benzene rings is 2. The molecule has 0 aliphatic heterocycles. The third kappa shape index (κ3) is 5.32. The Hall–Kier alpha value is -1.55. The van der Waals surface area contributed by atoms with Crippen LogP contribution in [0.5, 0.6) is 0 Å². The largest absolute Gasteiger partial charge is 0.250 e. The molecule has 0 amide bonds. The van der Waals surface area contributed by atoms with Crippen LogP contribution in [0.1, 0.15) is 29.0 Å². The van der Waals surface area contributed by atoms with Gasteiger partial charge in [0, 0.05) is 5.57 Å². The van der Waals surface area contributed by atoms with Crippen LogP contribution in [-0.2, 0) is 7.59 Å². The Bertz CT molecular complexity index is 1260. The van der Waals surface area contributed by atoms with E-state index in [-0.39, 0.29) is 17.5 Å². The predicted molar refractivity (Wildman–Crippen MR) is 135 cm³/mol. The smallest absolute Gasteiger partial charge is 0.212 e. The molecule has 1 atom stereocenters. The van der Waals surface area contributed by atoms with E-state index in [0.717, 1.165) is 21.9 Å². The quantitative estimate of drug-likeness (QED) is 0.242. The second-order valence-electron chi connectivity index (χ2n) is 6.87. The number of alkyl halides is 6. The number of hydrogen-bond donors (Lipinski definition) is 0. The Morgan fingerprint density at radius 2 is 1.44 bits per heavy atom. The lowest BCUT2D eigenvalue weighted by atomic mass is 9.93. The van der Waals surface area contributed by atoms with E-state index >= 15 is 0 Å². The molecule has 3 nitrogen and oxygen atoms in total. The summed E-state index contributed by atoms with van der Waals surface area (Å²) in [5.41, 5.74) is 5.16. The summed E-state index contributed by atoms with van der Waals surface area (Å²) < 4.78 is -3.83. The molecule has 1 aliphatic carbocycles. The molecule has 0 N–H and O–H groups in total. The van der Waals surface area contributed by atoms with E-state index in [0.29, 0.717) is 0 Å². The second-order valence-corrected chi connectivity index (χ2v) is 11.4. The van der Waals surface area contributed by atoms with Crippen molar-refractivity contribution in [2.24, 2.45) is 0 Å². The van der Waals surface area contributed by atoms with Crippen molar-refractivity contribution in [2.75, 3.05) is 0 Å². The van der Waals surface area contributed by atoms with Crippen molar-refractivity contribution < 1.29 is 0 Å². The van der Waals surface area contributed by atoms with Crippen LogP contribution >= 0.6 is 69.6 Å². The maximum Gasteiger partial charge on any atom is 0.250 e. The summed E-state index contributed by atoms with van der Waals surface area (Å²) in [6.45, 7) is 0. The zero-order valence-corrected chi connectivity index (χ0v) is 20.7. The van der Waals surface area contributed by atoms with Crippen LogP contribution < -0.4 is 0 Å². The normalized spacial score (nSPS) is 16.3. The maximum absolute atomic E-state index is 6.01. The van der Waals surface area contributed by atoms with Crippen molar-refractivity contribution in [3.8, 4) is 0 Å². The fraction of sp³-hybridized carbons (Fsp3) is 0.130. The summed E-state index contributed by atoms with van der Waals surface area (Å²) in [6.07, 6.45) is 9.46. The first-order chi connectivity index (χ1) is 15.1. The lowest BCUT2D eigenvalue weighted by molar-refractivity contribution is 0.761. The van der Waals surface area contributed by atoms with Crippen molar-refractivity contribution >= 4 is 86.5 Å². The van der Waals surface area contributed by atoms with E-state index in [9.17, 15) is 0 Å². The van der Waals surface area contributed by atoms with Gasteiger partial charge in [0.25, 0.3) is 0 Å². The first-order valence-corrected chi connectivity index (χ1v) is 11.6. The van der Waals surface area contributed by atoms with Crippen LogP contribution in [0.4, 0.5) is 0 Å². The van der Waals surface area contributed by atoms with Crippen molar-refractivity contribution in [2.45, 2.75) is 13.5 Å². The minimum atomic E-state index is -1.92. The van der Waals surface area contributed by atoms with Gasteiger partial charge in [-0.25, -0.2) is 15.0 Å². The Morgan fingerprint density at radius 1 is 0.781 bits per heavy atom. The molecular formula is C23H13Cl6N3. The summed E-state index contributed by atoms with van der Waals surface area (Å²) in [5, 5.41) is 2.26. The minimum Gasteiger partial charge on any atom is -0.212 e.